The number of hydrogen-bond donors (Lipinski definition) is 0. The topological polar surface area (TPSA) is 34.6 Å². The summed E-state index contributed by atoms with van der Waals surface area (Å²) in [6, 6.07) is 10.1. The second-order valence-corrected chi connectivity index (χ2v) is 4.02. The van der Waals surface area contributed by atoms with E-state index in [0.29, 0.717) is 5.95 Å². The van der Waals surface area contributed by atoms with Crippen molar-refractivity contribution in [2.45, 2.75) is 6.92 Å². The lowest BCUT2D eigenvalue weighted by molar-refractivity contribution is -0.599. The highest BCUT2D eigenvalue weighted by Crippen LogP contribution is 2.03. The molecule has 2 aromatic heterocycles. The average Bonchev–Trinajstić information content (AvgIpc) is 2.90. The minimum Gasteiger partial charge on any atom is -0.299 e. The summed E-state index contributed by atoms with van der Waals surface area (Å²) >= 11 is 0. The summed E-state index contributed by atoms with van der Waals surface area (Å²) in [5, 5.41) is 0. The maximum atomic E-state index is 4.18. The summed E-state index contributed by atoms with van der Waals surface area (Å²) in [6.07, 6.45) is 10.4. The van der Waals surface area contributed by atoms with Crippen molar-refractivity contribution in [1.82, 2.24) is 14.5 Å². The third-order valence-electron chi connectivity index (χ3n) is 2.66. The normalized spacial score (nSPS) is 10.5. The van der Waals surface area contributed by atoms with E-state index in [9.17, 15) is 0 Å². The summed E-state index contributed by atoms with van der Waals surface area (Å²) in [5.74, 6) is 0.614. The molecule has 0 unspecified atom stereocenters. The zero-order valence-electron chi connectivity index (χ0n) is 9.99. The maximum absolute atomic E-state index is 4.18. The Kier molecular flexibility index (Phi) is 2.61. The van der Waals surface area contributed by atoms with Gasteiger partial charge in [0.25, 0.3) is 12.3 Å². The van der Waals surface area contributed by atoms with Crippen molar-refractivity contribution in [3.63, 3.8) is 0 Å². The first kappa shape index (κ1) is 10.7. The number of hydrogen-bond acceptors (Lipinski definition) is 2. The van der Waals surface area contributed by atoms with Gasteiger partial charge in [-0.15, -0.1) is 0 Å². The number of rotatable bonds is 2. The van der Waals surface area contributed by atoms with Gasteiger partial charge in [-0.1, -0.05) is 17.7 Å². The first-order chi connectivity index (χ1) is 8.83. The van der Waals surface area contributed by atoms with Crippen molar-refractivity contribution in [3.05, 3.63) is 67.0 Å². The summed E-state index contributed by atoms with van der Waals surface area (Å²) in [6.45, 7) is 2.07. The Bertz CT molecular complexity index is 641. The van der Waals surface area contributed by atoms with E-state index in [2.05, 4.69) is 47.5 Å². The number of nitrogens with zero attached hydrogens (tertiary/aromatic N) is 4. The standard InChI is InChI=1S/C14H12N4/c1-12-3-5-13(6-4-12)17-9-10-18(11-17)14-15-7-2-8-16-14/h2-10H,1H3. The molecule has 3 aromatic rings. The predicted octanol–water partition coefficient (Wildman–Crippen LogP) is 1.65. The number of benzene rings is 1. The summed E-state index contributed by atoms with van der Waals surface area (Å²) < 4.78 is 3.68. The van der Waals surface area contributed by atoms with Crippen LogP contribution in [0.4, 0.5) is 0 Å². The van der Waals surface area contributed by atoms with Crippen LogP contribution in [0.15, 0.2) is 55.1 Å². The van der Waals surface area contributed by atoms with Crippen molar-refractivity contribution in [2.75, 3.05) is 0 Å². The van der Waals surface area contributed by atoms with Crippen LogP contribution < -0.4 is 4.57 Å². The highest BCUT2D eigenvalue weighted by Gasteiger charge is 2.03. The smallest absolute Gasteiger partial charge is 0.271 e. The van der Waals surface area contributed by atoms with Crippen molar-refractivity contribution >= 4 is 0 Å². The highest BCUT2D eigenvalue weighted by atomic mass is 15.2. The van der Waals surface area contributed by atoms with Gasteiger partial charge in [-0.3, -0.25) is 9.13 Å². The zero-order chi connectivity index (χ0) is 12.4. The van der Waals surface area contributed by atoms with Gasteiger partial charge in [0.2, 0.25) is 0 Å². The molecule has 3 rings (SSSR count). The summed E-state index contributed by atoms with van der Waals surface area (Å²) in [5.41, 5.74) is 2.31. The molecule has 0 aliphatic heterocycles. The molecule has 1 aromatic carbocycles. The van der Waals surface area contributed by atoms with Gasteiger partial charge in [-0.25, -0.2) is 9.97 Å². The zero-order valence-corrected chi connectivity index (χ0v) is 9.99. The van der Waals surface area contributed by atoms with E-state index in [1.54, 1.807) is 23.0 Å². The molecule has 0 fully saturated rings. The minimum absolute atomic E-state index is 0.614. The van der Waals surface area contributed by atoms with Crippen molar-refractivity contribution in [3.8, 4) is 11.6 Å². The monoisotopic (exact) mass is 236 g/mol. The Hall–Kier alpha value is -2.49. The highest BCUT2D eigenvalue weighted by molar-refractivity contribution is 5.26. The SMILES string of the molecule is Cc1ccc(-[n+]2[c-]n(-c3ncccn3)cc2)cc1. The molecular weight excluding hydrogens is 224 g/mol. The molecule has 0 spiro atoms. The molecule has 0 saturated heterocycles. The average molecular weight is 236 g/mol. The van der Waals surface area contributed by atoms with Crippen LogP contribution in [0, 0.1) is 13.3 Å². The predicted molar refractivity (Wildman–Crippen MR) is 66.5 cm³/mol. The van der Waals surface area contributed by atoms with Gasteiger partial charge < -0.3 is 0 Å². The molecule has 0 radical (unpaired) electrons. The van der Waals surface area contributed by atoms with Gasteiger partial charge in [-0.05, 0) is 25.1 Å². The second-order valence-electron chi connectivity index (χ2n) is 4.02. The number of imidazole rings is 1. The fraction of sp³-hybridized carbons (Fsp3) is 0.0714. The fourth-order valence-electron chi connectivity index (χ4n) is 1.69. The molecule has 0 atom stereocenters. The molecule has 0 amide bonds. The number of aromatic nitrogens is 4. The van der Waals surface area contributed by atoms with Gasteiger partial charge in [0.05, 0.1) is 5.69 Å². The van der Waals surface area contributed by atoms with Crippen LogP contribution in [0.5, 0.6) is 0 Å². The lowest BCUT2D eigenvalue weighted by Gasteiger charge is -2.01. The molecule has 0 bridgehead atoms. The summed E-state index contributed by atoms with van der Waals surface area (Å²) in [4.78, 5) is 8.35. The minimum atomic E-state index is 0.614. The molecule has 4 nitrogen and oxygen atoms in total. The molecular formula is C14H12N4. The van der Waals surface area contributed by atoms with Gasteiger partial charge >= 0.3 is 0 Å². The van der Waals surface area contributed by atoms with Crippen LogP contribution >= 0.6 is 0 Å². The molecule has 0 aliphatic rings. The van der Waals surface area contributed by atoms with E-state index >= 15 is 0 Å². The van der Waals surface area contributed by atoms with Crippen LogP contribution in [-0.4, -0.2) is 14.5 Å². The van der Waals surface area contributed by atoms with Crippen LogP contribution in [0.2, 0.25) is 0 Å². The van der Waals surface area contributed by atoms with Crippen LogP contribution in [0.3, 0.4) is 0 Å². The number of aryl methyl sites for hydroxylation is 1. The third kappa shape index (κ3) is 2.00. The Morgan fingerprint density at radius 1 is 1.11 bits per heavy atom. The molecule has 2 heterocycles. The first-order valence-corrected chi connectivity index (χ1v) is 5.70. The Morgan fingerprint density at radius 2 is 1.83 bits per heavy atom. The van der Waals surface area contributed by atoms with Gasteiger partial charge in [-0.2, -0.15) is 0 Å². The first-order valence-electron chi connectivity index (χ1n) is 5.70. The van der Waals surface area contributed by atoms with E-state index in [-0.39, 0.29) is 0 Å². The van der Waals surface area contributed by atoms with Gasteiger partial charge in [0, 0.05) is 24.8 Å². The van der Waals surface area contributed by atoms with E-state index in [0.717, 1.165) is 5.69 Å². The van der Waals surface area contributed by atoms with Crippen molar-refractivity contribution in [1.29, 1.82) is 0 Å². The van der Waals surface area contributed by atoms with Crippen LogP contribution in [0.25, 0.3) is 11.6 Å². The molecule has 0 N–H and O–H groups in total. The second kappa shape index (κ2) is 4.41. The maximum Gasteiger partial charge on any atom is 0.271 e. The molecule has 18 heavy (non-hydrogen) atoms. The fourth-order valence-corrected chi connectivity index (χ4v) is 1.69. The molecule has 0 aliphatic carbocycles. The lowest BCUT2D eigenvalue weighted by Crippen LogP contribution is -2.28. The largest absolute Gasteiger partial charge is 0.299 e. The van der Waals surface area contributed by atoms with E-state index in [1.165, 1.54) is 5.56 Å². The van der Waals surface area contributed by atoms with Crippen LogP contribution in [-0.2, 0) is 0 Å². The Morgan fingerprint density at radius 3 is 2.56 bits per heavy atom. The van der Waals surface area contributed by atoms with Crippen LogP contribution in [0.1, 0.15) is 5.56 Å². The van der Waals surface area contributed by atoms with E-state index < -0.39 is 0 Å². The molecule has 4 heteroatoms. The van der Waals surface area contributed by atoms with Gasteiger partial charge in [0.1, 0.15) is 0 Å². The Labute approximate surface area is 105 Å². The van der Waals surface area contributed by atoms with E-state index in [4.69, 9.17) is 0 Å². The summed E-state index contributed by atoms with van der Waals surface area (Å²) in [7, 11) is 0. The quantitative estimate of drug-likeness (QED) is 0.501. The van der Waals surface area contributed by atoms with Gasteiger partial charge in [0.15, 0.2) is 0 Å². The molecule has 0 saturated carbocycles. The molecule has 88 valence electrons. The Balaban J connectivity index is 1.97. The van der Waals surface area contributed by atoms with Crippen molar-refractivity contribution < 1.29 is 4.57 Å². The lowest BCUT2D eigenvalue weighted by atomic mass is 10.2. The van der Waals surface area contributed by atoms with E-state index in [1.807, 2.05) is 17.0 Å². The third-order valence-corrected chi connectivity index (χ3v) is 2.66. The van der Waals surface area contributed by atoms with Crippen molar-refractivity contribution in [2.24, 2.45) is 0 Å².